The maximum atomic E-state index is 5.88. The second kappa shape index (κ2) is 5.77. The minimum absolute atomic E-state index is 0.592. The summed E-state index contributed by atoms with van der Waals surface area (Å²) in [5.41, 5.74) is 7.50. The zero-order valence-corrected chi connectivity index (χ0v) is 12.4. The molecule has 7 heteroatoms. The summed E-state index contributed by atoms with van der Waals surface area (Å²) in [4.78, 5) is 1.95. The monoisotopic (exact) mass is 300 g/mol. The molecule has 0 amide bonds. The Kier molecular flexibility index (Phi) is 4.31. The fraction of sp³-hybridized carbons (Fsp3) is 0.273. The average Bonchev–Trinajstić information content (AvgIpc) is 2.79. The van der Waals surface area contributed by atoms with Crippen LogP contribution in [0.3, 0.4) is 0 Å². The molecule has 0 radical (unpaired) electrons. The summed E-state index contributed by atoms with van der Waals surface area (Å²) in [6.07, 6.45) is 0. The van der Waals surface area contributed by atoms with E-state index >= 15 is 0 Å². The lowest BCUT2D eigenvalue weighted by Crippen LogP contribution is -2.07. The largest absolute Gasteiger partial charge is 0.398 e. The van der Waals surface area contributed by atoms with Gasteiger partial charge in [-0.15, -0.1) is 10.2 Å². The van der Waals surface area contributed by atoms with Crippen molar-refractivity contribution in [3.8, 4) is 0 Å². The van der Waals surface area contributed by atoms with Gasteiger partial charge in [-0.3, -0.25) is 0 Å². The summed E-state index contributed by atoms with van der Waals surface area (Å²) in [5.74, 6) is 0.809. The molecule has 4 nitrogen and oxygen atoms in total. The molecule has 0 aliphatic carbocycles. The number of aromatic nitrogens is 2. The standard InChI is InChI=1S/C11H13ClN4S2/c1-16(2)10-14-15-11(18-10)17-6-7-3-4-8(12)9(13)5-7/h3-5H,6,13H2,1-2H3. The number of nitrogen functional groups attached to an aromatic ring is 1. The lowest BCUT2D eigenvalue weighted by molar-refractivity contribution is 0.972. The van der Waals surface area contributed by atoms with Crippen molar-refractivity contribution in [3.63, 3.8) is 0 Å². The van der Waals surface area contributed by atoms with E-state index in [9.17, 15) is 0 Å². The van der Waals surface area contributed by atoms with E-state index in [1.165, 1.54) is 0 Å². The van der Waals surface area contributed by atoms with Crippen LogP contribution in [-0.4, -0.2) is 24.3 Å². The molecule has 0 unspecified atom stereocenters. The molecule has 18 heavy (non-hydrogen) atoms. The number of hydrogen-bond acceptors (Lipinski definition) is 6. The van der Waals surface area contributed by atoms with E-state index in [1.54, 1.807) is 23.1 Å². The molecule has 0 aliphatic heterocycles. The lowest BCUT2D eigenvalue weighted by atomic mass is 10.2. The number of anilines is 2. The molecular formula is C11H13ClN4S2. The van der Waals surface area contributed by atoms with Gasteiger partial charge in [-0.05, 0) is 17.7 Å². The molecule has 0 saturated carbocycles. The van der Waals surface area contributed by atoms with Gasteiger partial charge in [-0.1, -0.05) is 40.8 Å². The highest BCUT2D eigenvalue weighted by molar-refractivity contribution is 8.00. The summed E-state index contributed by atoms with van der Waals surface area (Å²) >= 11 is 9.10. The predicted octanol–water partition coefficient (Wildman–Crippen LogP) is 3.13. The molecule has 1 aromatic heterocycles. The van der Waals surface area contributed by atoms with Crippen LogP contribution in [0, 0.1) is 0 Å². The van der Waals surface area contributed by atoms with E-state index in [4.69, 9.17) is 17.3 Å². The zero-order chi connectivity index (χ0) is 13.1. The lowest BCUT2D eigenvalue weighted by Gasteiger charge is -2.04. The van der Waals surface area contributed by atoms with Crippen LogP contribution in [0.2, 0.25) is 5.02 Å². The molecule has 0 spiro atoms. The van der Waals surface area contributed by atoms with Gasteiger partial charge in [0.1, 0.15) is 0 Å². The minimum Gasteiger partial charge on any atom is -0.398 e. The number of thioether (sulfide) groups is 1. The smallest absolute Gasteiger partial charge is 0.208 e. The van der Waals surface area contributed by atoms with Gasteiger partial charge < -0.3 is 10.6 Å². The number of nitrogens with zero attached hydrogens (tertiary/aromatic N) is 3. The van der Waals surface area contributed by atoms with Crippen LogP contribution in [0.1, 0.15) is 5.56 Å². The molecule has 2 N–H and O–H groups in total. The molecule has 96 valence electrons. The van der Waals surface area contributed by atoms with Crippen molar-refractivity contribution in [2.75, 3.05) is 24.7 Å². The van der Waals surface area contributed by atoms with Crippen LogP contribution in [0.15, 0.2) is 22.5 Å². The second-order valence-corrected chi connectivity index (χ2v) is 6.48. The van der Waals surface area contributed by atoms with Crippen LogP contribution in [0.4, 0.5) is 10.8 Å². The molecule has 2 aromatic rings. The number of nitrogens with two attached hydrogens (primary N) is 1. The normalized spacial score (nSPS) is 10.6. The molecule has 1 aromatic carbocycles. The van der Waals surface area contributed by atoms with Gasteiger partial charge in [0.05, 0.1) is 10.7 Å². The van der Waals surface area contributed by atoms with Crippen LogP contribution < -0.4 is 10.6 Å². The number of benzene rings is 1. The van der Waals surface area contributed by atoms with Gasteiger partial charge in [0.2, 0.25) is 5.13 Å². The molecule has 0 aliphatic rings. The third-order valence-corrected chi connectivity index (χ3v) is 4.84. The Morgan fingerprint density at radius 2 is 2.17 bits per heavy atom. The van der Waals surface area contributed by atoms with Crippen LogP contribution in [-0.2, 0) is 5.75 Å². The third-order valence-electron chi connectivity index (χ3n) is 2.20. The van der Waals surface area contributed by atoms with Crippen molar-refractivity contribution in [1.82, 2.24) is 10.2 Å². The van der Waals surface area contributed by atoms with E-state index in [2.05, 4.69) is 10.2 Å². The Bertz CT molecular complexity index is 542. The summed E-state index contributed by atoms with van der Waals surface area (Å²) in [7, 11) is 3.91. The van der Waals surface area contributed by atoms with Crippen molar-refractivity contribution in [3.05, 3.63) is 28.8 Å². The average molecular weight is 301 g/mol. The van der Waals surface area contributed by atoms with Gasteiger partial charge in [0.15, 0.2) is 4.34 Å². The van der Waals surface area contributed by atoms with Gasteiger partial charge in [-0.25, -0.2) is 0 Å². The van der Waals surface area contributed by atoms with Gasteiger partial charge in [-0.2, -0.15) is 0 Å². The van der Waals surface area contributed by atoms with Crippen molar-refractivity contribution >= 4 is 45.5 Å². The van der Waals surface area contributed by atoms with Gasteiger partial charge in [0, 0.05) is 19.8 Å². The van der Waals surface area contributed by atoms with Gasteiger partial charge in [0.25, 0.3) is 0 Å². The molecule has 0 fully saturated rings. The van der Waals surface area contributed by atoms with Crippen LogP contribution in [0.25, 0.3) is 0 Å². The fourth-order valence-electron chi connectivity index (χ4n) is 1.27. The van der Waals surface area contributed by atoms with E-state index in [0.717, 1.165) is 20.8 Å². The van der Waals surface area contributed by atoms with Crippen molar-refractivity contribution in [2.24, 2.45) is 0 Å². The third kappa shape index (κ3) is 3.28. The first-order chi connectivity index (χ1) is 8.56. The predicted molar refractivity (Wildman–Crippen MR) is 79.7 cm³/mol. The Morgan fingerprint density at radius 1 is 1.39 bits per heavy atom. The van der Waals surface area contributed by atoms with Crippen molar-refractivity contribution in [2.45, 2.75) is 10.1 Å². The van der Waals surface area contributed by atoms with E-state index in [0.29, 0.717) is 10.7 Å². The maximum absolute atomic E-state index is 5.88. The highest BCUT2D eigenvalue weighted by Gasteiger charge is 2.07. The fourth-order valence-corrected chi connectivity index (χ4v) is 3.09. The Balaban J connectivity index is 2.00. The SMILES string of the molecule is CN(C)c1nnc(SCc2ccc(Cl)c(N)c2)s1. The van der Waals surface area contributed by atoms with E-state index in [1.807, 2.05) is 37.2 Å². The van der Waals surface area contributed by atoms with Crippen molar-refractivity contribution in [1.29, 1.82) is 0 Å². The summed E-state index contributed by atoms with van der Waals surface area (Å²) in [5, 5.41) is 9.71. The van der Waals surface area contributed by atoms with Crippen molar-refractivity contribution < 1.29 is 0 Å². The van der Waals surface area contributed by atoms with Crippen LogP contribution >= 0.6 is 34.7 Å². The highest BCUT2D eigenvalue weighted by Crippen LogP contribution is 2.30. The van der Waals surface area contributed by atoms with E-state index < -0.39 is 0 Å². The number of hydrogen-bond donors (Lipinski definition) is 1. The summed E-state index contributed by atoms with van der Waals surface area (Å²) in [6, 6.07) is 5.68. The quantitative estimate of drug-likeness (QED) is 0.694. The molecule has 1 heterocycles. The number of halogens is 1. The minimum atomic E-state index is 0.592. The molecule has 0 atom stereocenters. The summed E-state index contributed by atoms with van der Waals surface area (Å²) in [6.45, 7) is 0. The zero-order valence-electron chi connectivity index (χ0n) is 10.1. The van der Waals surface area contributed by atoms with Gasteiger partial charge >= 0.3 is 0 Å². The second-order valence-electron chi connectivity index (χ2n) is 3.89. The Labute approximate surface area is 119 Å². The molecule has 2 rings (SSSR count). The number of rotatable bonds is 4. The first-order valence-corrected chi connectivity index (χ1v) is 7.42. The Morgan fingerprint density at radius 3 is 2.78 bits per heavy atom. The topological polar surface area (TPSA) is 55.0 Å². The first-order valence-electron chi connectivity index (χ1n) is 5.24. The highest BCUT2D eigenvalue weighted by atomic mass is 35.5. The summed E-state index contributed by atoms with van der Waals surface area (Å²) < 4.78 is 0.951. The molecular weight excluding hydrogens is 288 g/mol. The van der Waals surface area contributed by atoms with E-state index in [-0.39, 0.29) is 0 Å². The molecule has 0 bridgehead atoms. The Hall–Kier alpha value is -0.980. The first kappa shape index (κ1) is 13.5. The molecule has 0 saturated heterocycles. The maximum Gasteiger partial charge on any atom is 0.208 e. The van der Waals surface area contributed by atoms with Crippen LogP contribution in [0.5, 0.6) is 0 Å².